The van der Waals surface area contributed by atoms with Gasteiger partial charge in [-0.15, -0.1) is 34.2 Å². The molecular weight excluding hydrogens is 460 g/mol. The Hall–Kier alpha value is -1.30. The number of alkyl halides is 3. The standard InChI is InChI=1S/C13H16ClF3N6.HI/c1-12(2,3)20-11(18)19-5-9-21-22-10-8(14)4-7(6-23(9)10)13(15,16)17;/h4,6H,5H2,1-3H3,(H3,18,19,20);1H. The number of hydrogen-bond donors (Lipinski definition) is 2. The Balaban J connectivity index is 0.00000288. The quantitative estimate of drug-likeness (QED) is 0.396. The lowest BCUT2D eigenvalue weighted by atomic mass is 10.1. The van der Waals surface area contributed by atoms with Crippen molar-refractivity contribution in [3.63, 3.8) is 0 Å². The average molecular weight is 477 g/mol. The number of nitrogens with two attached hydrogens (primary N) is 1. The number of aromatic nitrogens is 3. The normalized spacial score (nSPS) is 13.0. The molecule has 11 heteroatoms. The lowest BCUT2D eigenvalue weighted by Crippen LogP contribution is -2.45. The fraction of sp³-hybridized carbons (Fsp3) is 0.462. The van der Waals surface area contributed by atoms with E-state index in [9.17, 15) is 13.2 Å². The molecule has 0 fully saturated rings. The van der Waals surface area contributed by atoms with Crippen LogP contribution in [-0.4, -0.2) is 26.1 Å². The molecule has 2 aromatic rings. The maximum atomic E-state index is 12.9. The Kier molecular flexibility index (Phi) is 6.31. The molecule has 2 heterocycles. The molecule has 0 aromatic carbocycles. The van der Waals surface area contributed by atoms with E-state index < -0.39 is 11.7 Å². The predicted molar refractivity (Wildman–Crippen MR) is 96.6 cm³/mol. The van der Waals surface area contributed by atoms with E-state index in [0.29, 0.717) is 0 Å². The minimum absolute atomic E-state index is 0. The minimum Gasteiger partial charge on any atom is -0.370 e. The summed E-state index contributed by atoms with van der Waals surface area (Å²) < 4.78 is 39.8. The molecule has 0 aliphatic rings. The van der Waals surface area contributed by atoms with Gasteiger partial charge in [0.05, 0.1) is 10.6 Å². The Morgan fingerprint density at radius 1 is 1.33 bits per heavy atom. The number of halogens is 5. The van der Waals surface area contributed by atoms with Crippen molar-refractivity contribution in [2.45, 2.75) is 39.0 Å². The second kappa shape index (κ2) is 7.30. The van der Waals surface area contributed by atoms with Gasteiger partial charge in [-0.2, -0.15) is 13.2 Å². The molecule has 3 N–H and O–H groups in total. The first-order valence-corrected chi connectivity index (χ1v) is 7.03. The number of aliphatic imine (C=N–C) groups is 1. The third-order valence-corrected chi connectivity index (χ3v) is 3.03. The summed E-state index contributed by atoms with van der Waals surface area (Å²) in [5.41, 5.74) is 4.68. The fourth-order valence-electron chi connectivity index (χ4n) is 1.84. The van der Waals surface area contributed by atoms with E-state index in [1.54, 1.807) is 0 Å². The van der Waals surface area contributed by atoms with Crippen LogP contribution in [0.25, 0.3) is 5.65 Å². The van der Waals surface area contributed by atoms with Gasteiger partial charge < -0.3 is 11.1 Å². The summed E-state index contributed by atoms with van der Waals surface area (Å²) in [6.07, 6.45) is -3.63. The topological polar surface area (TPSA) is 80.6 Å². The smallest absolute Gasteiger partial charge is 0.370 e. The van der Waals surface area contributed by atoms with Crippen molar-refractivity contribution < 1.29 is 13.2 Å². The molecule has 6 nitrogen and oxygen atoms in total. The number of guanidine groups is 1. The fourth-order valence-corrected chi connectivity index (χ4v) is 2.09. The molecule has 0 saturated heterocycles. The Morgan fingerprint density at radius 3 is 2.50 bits per heavy atom. The Bertz CT molecular complexity index is 750. The van der Waals surface area contributed by atoms with Crippen LogP contribution in [0.5, 0.6) is 0 Å². The van der Waals surface area contributed by atoms with Crippen LogP contribution in [0, 0.1) is 0 Å². The monoisotopic (exact) mass is 476 g/mol. The van der Waals surface area contributed by atoms with Gasteiger partial charge in [-0.3, -0.25) is 4.40 Å². The van der Waals surface area contributed by atoms with Crippen LogP contribution < -0.4 is 11.1 Å². The van der Waals surface area contributed by atoms with Crippen molar-refractivity contribution >= 4 is 47.2 Å². The zero-order valence-corrected chi connectivity index (χ0v) is 16.2. The predicted octanol–water partition coefficient (Wildman–Crippen LogP) is 3.22. The molecule has 0 spiro atoms. The van der Waals surface area contributed by atoms with Gasteiger partial charge in [-0.1, -0.05) is 11.6 Å². The van der Waals surface area contributed by atoms with Crippen LogP contribution in [0.4, 0.5) is 13.2 Å². The summed E-state index contributed by atoms with van der Waals surface area (Å²) in [5.74, 6) is 0.360. The summed E-state index contributed by atoms with van der Waals surface area (Å²) in [4.78, 5) is 4.06. The van der Waals surface area contributed by atoms with Gasteiger partial charge in [0.15, 0.2) is 17.4 Å². The van der Waals surface area contributed by atoms with Gasteiger partial charge in [0.1, 0.15) is 6.54 Å². The molecule has 0 radical (unpaired) electrons. The molecule has 2 aromatic heterocycles. The van der Waals surface area contributed by atoms with E-state index in [4.69, 9.17) is 17.3 Å². The third kappa shape index (κ3) is 5.10. The molecule has 0 aliphatic carbocycles. The van der Waals surface area contributed by atoms with Crippen LogP contribution in [-0.2, 0) is 12.7 Å². The number of fused-ring (bicyclic) bond motifs is 1. The number of nitrogens with one attached hydrogen (secondary N) is 1. The molecule has 0 amide bonds. The molecule has 0 unspecified atom stereocenters. The van der Waals surface area contributed by atoms with E-state index in [1.165, 1.54) is 4.40 Å². The average Bonchev–Trinajstić information content (AvgIpc) is 2.77. The van der Waals surface area contributed by atoms with Gasteiger partial charge in [0, 0.05) is 11.7 Å². The van der Waals surface area contributed by atoms with Crippen molar-refractivity contribution in [1.82, 2.24) is 19.9 Å². The largest absolute Gasteiger partial charge is 0.417 e. The SMILES string of the molecule is CC(C)(C)NC(N)=NCc1nnc2c(Cl)cc(C(F)(F)F)cn12.I. The van der Waals surface area contributed by atoms with Crippen molar-refractivity contribution in [2.24, 2.45) is 10.7 Å². The first kappa shape index (κ1) is 20.7. The molecule has 0 saturated carbocycles. The zero-order chi connectivity index (χ0) is 17.4. The van der Waals surface area contributed by atoms with Gasteiger partial charge >= 0.3 is 6.18 Å². The van der Waals surface area contributed by atoms with Crippen LogP contribution in [0.3, 0.4) is 0 Å². The van der Waals surface area contributed by atoms with Crippen LogP contribution in [0.2, 0.25) is 5.02 Å². The maximum Gasteiger partial charge on any atom is 0.417 e. The van der Waals surface area contributed by atoms with Gasteiger partial charge in [0.25, 0.3) is 0 Å². The first-order valence-electron chi connectivity index (χ1n) is 6.66. The highest BCUT2D eigenvalue weighted by atomic mass is 127. The van der Waals surface area contributed by atoms with E-state index in [2.05, 4.69) is 20.5 Å². The Morgan fingerprint density at radius 2 is 1.96 bits per heavy atom. The molecule has 0 bridgehead atoms. The number of pyridine rings is 1. The summed E-state index contributed by atoms with van der Waals surface area (Å²) in [6.45, 7) is 5.67. The van der Waals surface area contributed by atoms with Crippen LogP contribution in [0.1, 0.15) is 32.2 Å². The van der Waals surface area contributed by atoms with Gasteiger partial charge in [-0.05, 0) is 26.8 Å². The van der Waals surface area contributed by atoms with Gasteiger partial charge in [0.2, 0.25) is 0 Å². The molecular formula is C13H17ClF3IN6. The van der Waals surface area contributed by atoms with Crippen molar-refractivity contribution in [3.05, 3.63) is 28.7 Å². The summed E-state index contributed by atoms with van der Waals surface area (Å²) >= 11 is 5.84. The molecule has 134 valence electrons. The molecule has 24 heavy (non-hydrogen) atoms. The zero-order valence-electron chi connectivity index (χ0n) is 13.1. The van der Waals surface area contributed by atoms with Crippen molar-refractivity contribution in [3.8, 4) is 0 Å². The highest BCUT2D eigenvalue weighted by Crippen LogP contribution is 2.32. The number of hydrogen-bond acceptors (Lipinski definition) is 3. The van der Waals surface area contributed by atoms with Gasteiger partial charge in [-0.25, -0.2) is 4.99 Å². The maximum absolute atomic E-state index is 12.9. The third-order valence-electron chi connectivity index (χ3n) is 2.75. The molecule has 2 rings (SSSR count). The van der Waals surface area contributed by atoms with Crippen LogP contribution >= 0.6 is 35.6 Å². The lowest BCUT2D eigenvalue weighted by Gasteiger charge is -2.20. The second-order valence-electron chi connectivity index (χ2n) is 5.96. The minimum atomic E-state index is -4.52. The van der Waals surface area contributed by atoms with Crippen LogP contribution in [0.15, 0.2) is 17.3 Å². The highest BCUT2D eigenvalue weighted by molar-refractivity contribution is 14.0. The van der Waals surface area contributed by atoms with E-state index in [-0.39, 0.29) is 58.5 Å². The highest BCUT2D eigenvalue weighted by Gasteiger charge is 2.32. The van der Waals surface area contributed by atoms with E-state index in [1.807, 2.05) is 20.8 Å². The van der Waals surface area contributed by atoms with Crippen molar-refractivity contribution in [2.75, 3.05) is 0 Å². The first-order chi connectivity index (χ1) is 10.5. The van der Waals surface area contributed by atoms with E-state index >= 15 is 0 Å². The lowest BCUT2D eigenvalue weighted by molar-refractivity contribution is -0.137. The Labute approximate surface area is 158 Å². The molecule has 0 aliphatic heterocycles. The number of nitrogens with zero attached hydrogens (tertiary/aromatic N) is 4. The molecule has 0 atom stereocenters. The number of rotatable bonds is 2. The summed E-state index contributed by atoms with van der Waals surface area (Å²) in [7, 11) is 0. The second-order valence-corrected chi connectivity index (χ2v) is 6.37. The summed E-state index contributed by atoms with van der Waals surface area (Å²) in [5, 5.41) is 10.4. The summed E-state index contributed by atoms with van der Waals surface area (Å²) in [6, 6.07) is 0.814. The van der Waals surface area contributed by atoms with Crippen molar-refractivity contribution in [1.29, 1.82) is 0 Å². The van der Waals surface area contributed by atoms with E-state index in [0.717, 1.165) is 12.3 Å².